The van der Waals surface area contributed by atoms with E-state index in [0.717, 1.165) is 17.6 Å². The summed E-state index contributed by atoms with van der Waals surface area (Å²) in [6.45, 7) is 8.33. The summed E-state index contributed by atoms with van der Waals surface area (Å²) in [5, 5.41) is 0. The van der Waals surface area contributed by atoms with Crippen LogP contribution in [0.5, 0.6) is 0 Å². The lowest BCUT2D eigenvalue weighted by Gasteiger charge is -2.45. The Labute approximate surface area is 132 Å². The van der Waals surface area contributed by atoms with Crippen LogP contribution in [0.4, 0.5) is 0 Å². The quantitative estimate of drug-likeness (QED) is 0.632. The average molecular weight is 305 g/mol. The summed E-state index contributed by atoms with van der Waals surface area (Å²) < 4.78 is 0. The largest absolute Gasteiger partial charge is 0.179 e. The fourth-order valence-corrected chi connectivity index (χ4v) is 5.78. The van der Waals surface area contributed by atoms with E-state index in [4.69, 9.17) is 0 Å². The van der Waals surface area contributed by atoms with E-state index in [1.54, 1.807) is 4.88 Å². The Balaban J connectivity index is 1.93. The molecule has 1 spiro atoms. The van der Waals surface area contributed by atoms with Gasteiger partial charge in [0.05, 0.1) is 0 Å². The maximum Gasteiger partial charge on any atom is 0.0371 e. The third-order valence-electron chi connectivity index (χ3n) is 5.29. The molecule has 0 radical (unpaired) electrons. The second-order valence-electron chi connectivity index (χ2n) is 6.43. The first-order chi connectivity index (χ1) is 9.65. The van der Waals surface area contributed by atoms with Gasteiger partial charge in [-0.1, -0.05) is 18.7 Å². The lowest BCUT2D eigenvalue weighted by molar-refractivity contribution is 0.116. The molecule has 0 N–H and O–H groups in total. The molecule has 1 aromatic heterocycles. The monoisotopic (exact) mass is 304 g/mol. The molecule has 1 heterocycles. The van der Waals surface area contributed by atoms with Crippen molar-refractivity contribution >= 4 is 35.6 Å². The minimum Gasteiger partial charge on any atom is -0.179 e. The van der Waals surface area contributed by atoms with Crippen LogP contribution < -0.4 is 0 Å². The van der Waals surface area contributed by atoms with Gasteiger partial charge in [0.15, 0.2) is 0 Å². The Bertz CT molecular complexity index is 546. The molecular weight excluding hydrogens is 280 g/mol. The van der Waals surface area contributed by atoms with Crippen LogP contribution in [0.3, 0.4) is 0 Å². The van der Waals surface area contributed by atoms with Gasteiger partial charge in [0.25, 0.3) is 0 Å². The summed E-state index contributed by atoms with van der Waals surface area (Å²) in [5.41, 5.74) is 3.39. The Morgan fingerprint density at radius 1 is 1.55 bits per heavy atom. The molecule has 0 aromatic carbocycles. The van der Waals surface area contributed by atoms with E-state index < -0.39 is 0 Å². The summed E-state index contributed by atoms with van der Waals surface area (Å²) in [6, 6.07) is 2.41. The molecule has 3 rings (SSSR count). The first kappa shape index (κ1) is 14.5. The SMILES string of the molecule is C=Cc1cc(C2C(CCS)CC23CC3)sc1/C(C)=C\C. The third-order valence-corrected chi connectivity index (χ3v) is 6.92. The number of allylic oxidation sites excluding steroid dienone is 2. The van der Waals surface area contributed by atoms with Gasteiger partial charge in [-0.05, 0) is 73.8 Å². The summed E-state index contributed by atoms with van der Waals surface area (Å²) >= 11 is 6.46. The molecule has 2 saturated carbocycles. The molecule has 0 nitrogen and oxygen atoms in total. The normalized spacial score (nSPS) is 27.4. The van der Waals surface area contributed by atoms with Gasteiger partial charge in [-0.15, -0.1) is 11.3 Å². The van der Waals surface area contributed by atoms with E-state index in [0.29, 0.717) is 5.41 Å². The Morgan fingerprint density at radius 2 is 2.30 bits per heavy atom. The fraction of sp³-hybridized carbons (Fsp3) is 0.556. The van der Waals surface area contributed by atoms with E-state index in [2.05, 4.69) is 45.2 Å². The zero-order valence-corrected chi connectivity index (χ0v) is 14.2. The highest BCUT2D eigenvalue weighted by Crippen LogP contribution is 2.72. The van der Waals surface area contributed by atoms with Crippen molar-refractivity contribution < 1.29 is 0 Å². The number of hydrogen-bond acceptors (Lipinski definition) is 2. The molecule has 2 atom stereocenters. The third kappa shape index (κ3) is 2.21. The van der Waals surface area contributed by atoms with Crippen molar-refractivity contribution in [1.29, 1.82) is 0 Å². The van der Waals surface area contributed by atoms with Crippen LogP contribution in [0.15, 0.2) is 18.7 Å². The highest BCUT2D eigenvalue weighted by atomic mass is 32.1. The first-order valence-corrected chi connectivity index (χ1v) is 9.10. The lowest BCUT2D eigenvalue weighted by atomic mass is 9.60. The van der Waals surface area contributed by atoms with Crippen molar-refractivity contribution in [2.45, 2.75) is 45.4 Å². The van der Waals surface area contributed by atoms with Crippen molar-refractivity contribution in [1.82, 2.24) is 0 Å². The van der Waals surface area contributed by atoms with Crippen molar-refractivity contribution in [2.24, 2.45) is 11.3 Å². The van der Waals surface area contributed by atoms with E-state index in [9.17, 15) is 0 Å². The predicted molar refractivity (Wildman–Crippen MR) is 94.7 cm³/mol. The van der Waals surface area contributed by atoms with Crippen molar-refractivity contribution in [3.8, 4) is 0 Å². The average Bonchev–Trinajstić information content (AvgIpc) is 3.13. The molecule has 2 fully saturated rings. The van der Waals surface area contributed by atoms with Gasteiger partial charge >= 0.3 is 0 Å². The highest BCUT2D eigenvalue weighted by Gasteiger charge is 2.61. The molecular formula is C18H24S2. The van der Waals surface area contributed by atoms with Gasteiger partial charge < -0.3 is 0 Å². The number of thiol groups is 1. The minimum absolute atomic E-state index is 0.679. The lowest BCUT2D eigenvalue weighted by Crippen LogP contribution is -2.36. The maximum absolute atomic E-state index is 4.45. The van der Waals surface area contributed by atoms with Gasteiger partial charge in [-0.3, -0.25) is 0 Å². The zero-order chi connectivity index (χ0) is 14.3. The molecule has 108 valence electrons. The molecule has 2 aliphatic carbocycles. The van der Waals surface area contributed by atoms with Crippen LogP contribution in [-0.4, -0.2) is 5.75 Å². The molecule has 2 heteroatoms. The first-order valence-electron chi connectivity index (χ1n) is 7.65. The standard InChI is InChI=1S/C18H24S2/c1-4-12(3)17-13(5-2)10-15(20-17)16-14(6-9-19)11-18(16)7-8-18/h4-5,10,14,16,19H,2,6-9,11H2,1,3H3/b12-4-. The molecule has 2 aliphatic rings. The van der Waals surface area contributed by atoms with Crippen molar-refractivity contribution in [3.63, 3.8) is 0 Å². The second kappa shape index (κ2) is 5.38. The minimum atomic E-state index is 0.679. The molecule has 0 aliphatic heterocycles. The van der Waals surface area contributed by atoms with E-state index in [1.807, 2.05) is 17.4 Å². The Kier molecular flexibility index (Phi) is 3.89. The van der Waals surface area contributed by atoms with Crippen LogP contribution in [0.2, 0.25) is 0 Å². The summed E-state index contributed by atoms with van der Waals surface area (Å²) in [7, 11) is 0. The van der Waals surface area contributed by atoms with E-state index in [-0.39, 0.29) is 0 Å². The molecule has 2 unspecified atom stereocenters. The van der Waals surface area contributed by atoms with Gasteiger partial charge in [-0.2, -0.15) is 12.6 Å². The number of rotatable bonds is 5. The van der Waals surface area contributed by atoms with E-state index >= 15 is 0 Å². The summed E-state index contributed by atoms with van der Waals surface area (Å²) in [5.74, 6) is 2.69. The van der Waals surface area contributed by atoms with Crippen LogP contribution in [-0.2, 0) is 0 Å². The van der Waals surface area contributed by atoms with E-state index in [1.165, 1.54) is 41.7 Å². The molecule has 20 heavy (non-hydrogen) atoms. The van der Waals surface area contributed by atoms with Crippen molar-refractivity contribution in [3.05, 3.63) is 34.0 Å². The smallest absolute Gasteiger partial charge is 0.0371 e. The number of hydrogen-bond donors (Lipinski definition) is 1. The Hall–Kier alpha value is -0.470. The zero-order valence-electron chi connectivity index (χ0n) is 12.5. The van der Waals surface area contributed by atoms with Crippen LogP contribution in [0.25, 0.3) is 11.6 Å². The van der Waals surface area contributed by atoms with Crippen LogP contribution in [0, 0.1) is 11.3 Å². The molecule has 0 amide bonds. The highest BCUT2D eigenvalue weighted by molar-refractivity contribution is 7.80. The van der Waals surface area contributed by atoms with Crippen LogP contribution in [0.1, 0.15) is 60.8 Å². The van der Waals surface area contributed by atoms with Gasteiger partial charge in [-0.25, -0.2) is 0 Å². The van der Waals surface area contributed by atoms with Gasteiger partial charge in [0.1, 0.15) is 0 Å². The predicted octanol–water partition coefficient (Wildman–Crippen LogP) is 6.02. The fourth-order valence-electron chi connectivity index (χ4n) is 3.92. The number of thiophene rings is 1. The van der Waals surface area contributed by atoms with Gasteiger partial charge in [0.2, 0.25) is 0 Å². The molecule has 0 bridgehead atoms. The van der Waals surface area contributed by atoms with Crippen LogP contribution >= 0.6 is 24.0 Å². The topological polar surface area (TPSA) is 0 Å². The molecule has 0 saturated heterocycles. The second-order valence-corrected chi connectivity index (χ2v) is 7.96. The van der Waals surface area contributed by atoms with Crippen molar-refractivity contribution in [2.75, 3.05) is 5.75 Å². The molecule has 1 aromatic rings. The maximum atomic E-state index is 4.45. The summed E-state index contributed by atoms with van der Waals surface area (Å²) in [4.78, 5) is 3.02. The summed E-state index contributed by atoms with van der Waals surface area (Å²) in [6.07, 6.45) is 9.84. The Morgan fingerprint density at radius 3 is 2.85 bits per heavy atom. The van der Waals surface area contributed by atoms with Gasteiger partial charge in [0, 0.05) is 15.7 Å².